The second-order valence-corrected chi connectivity index (χ2v) is 3.26. The van der Waals surface area contributed by atoms with Crippen LogP contribution in [-0.4, -0.2) is 16.0 Å². The second kappa shape index (κ2) is 2.85. The first kappa shape index (κ1) is 8.26. The van der Waals surface area contributed by atoms with Crippen molar-refractivity contribution in [2.45, 2.75) is 6.92 Å². The number of hydrogen-bond acceptors (Lipinski definition) is 2. The van der Waals surface area contributed by atoms with E-state index in [1.807, 2.05) is 0 Å². The second-order valence-electron chi connectivity index (χ2n) is 2.85. The van der Waals surface area contributed by atoms with E-state index in [1.54, 1.807) is 18.3 Å². The Bertz CT molecular complexity index is 475. The van der Waals surface area contributed by atoms with Crippen LogP contribution < -0.4 is 0 Å². The summed E-state index contributed by atoms with van der Waals surface area (Å²) in [7, 11) is 0. The summed E-state index contributed by atoms with van der Waals surface area (Å²) in [6.07, 6.45) is 1.65. The molecule has 0 amide bonds. The van der Waals surface area contributed by atoms with Gasteiger partial charge in [0.05, 0.1) is 16.7 Å². The molecule has 0 aliphatic rings. The summed E-state index contributed by atoms with van der Waals surface area (Å²) < 4.78 is 0. The molecule has 0 aliphatic carbocycles. The fraction of sp³-hybridized carbons (Fsp3) is 0.111. The molecule has 2 aromatic rings. The molecule has 1 aromatic heterocycles. The lowest BCUT2D eigenvalue weighted by Crippen LogP contribution is -1.91. The highest BCUT2D eigenvalue weighted by Crippen LogP contribution is 2.23. The fourth-order valence-corrected chi connectivity index (χ4v) is 1.49. The van der Waals surface area contributed by atoms with Crippen LogP contribution in [0.1, 0.15) is 17.3 Å². The summed E-state index contributed by atoms with van der Waals surface area (Å²) in [6.45, 7) is 1.51. The van der Waals surface area contributed by atoms with Gasteiger partial charge in [0.1, 0.15) is 0 Å². The van der Waals surface area contributed by atoms with Crippen LogP contribution in [0, 0.1) is 0 Å². The lowest BCUT2D eigenvalue weighted by atomic mass is 10.1. The average molecular weight is 195 g/mol. The number of carbonyl (C=O) groups is 1. The maximum absolute atomic E-state index is 11.1. The highest BCUT2D eigenvalue weighted by Gasteiger charge is 2.06. The van der Waals surface area contributed by atoms with Crippen LogP contribution in [0.5, 0.6) is 0 Å². The van der Waals surface area contributed by atoms with Crippen LogP contribution in [0.15, 0.2) is 18.3 Å². The van der Waals surface area contributed by atoms with Crippen LogP contribution in [0.25, 0.3) is 10.9 Å². The lowest BCUT2D eigenvalue weighted by molar-refractivity contribution is 0.101. The molecular formula is C9H7ClN2O. The molecule has 1 heterocycles. The van der Waals surface area contributed by atoms with Gasteiger partial charge in [0, 0.05) is 10.9 Å². The summed E-state index contributed by atoms with van der Waals surface area (Å²) in [5.74, 6) is 0.00463. The molecule has 0 radical (unpaired) electrons. The number of hydrogen-bond donors (Lipinski definition) is 1. The highest BCUT2D eigenvalue weighted by molar-refractivity contribution is 6.35. The molecule has 3 nitrogen and oxygen atoms in total. The van der Waals surface area contributed by atoms with Crippen molar-refractivity contribution < 1.29 is 4.79 Å². The number of H-pyrrole nitrogens is 1. The van der Waals surface area contributed by atoms with Crippen LogP contribution in [-0.2, 0) is 0 Å². The number of nitrogens with one attached hydrogen (secondary N) is 1. The number of ketones is 1. The number of rotatable bonds is 1. The molecule has 0 fully saturated rings. The Hall–Kier alpha value is -1.35. The Morgan fingerprint density at radius 1 is 1.54 bits per heavy atom. The van der Waals surface area contributed by atoms with Gasteiger partial charge in [-0.2, -0.15) is 5.10 Å². The van der Waals surface area contributed by atoms with E-state index in [2.05, 4.69) is 10.2 Å². The number of nitrogens with zero attached hydrogens (tertiary/aromatic N) is 1. The van der Waals surface area contributed by atoms with Crippen molar-refractivity contribution in [3.05, 3.63) is 28.9 Å². The van der Waals surface area contributed by atoms with E-state index in [0.29, 0.717) is 10.6 Å². The zero-order valence-electron chi connectivity index (χ0n) is 6.97. The van der Waals surface area contributed by atoms with Gasteiger partial charge >= 0.3 is 0 Å². The highest BCUT2D eigenvalue weighted by atomic mass is 35.5. The third-order valence-electron chi connectivity index (χ3n) is 1.91. The quantitative estimate of drug-likeness (QED) is 0.709. The minimum Gasteiger partial charge on any atom is -0.295 e. The van der Waals surface area contributed by atoms with E-state index in [-0.39, 0.29) is 5.78 Å². The average Bonchev–Trinajstić information content (AvgIpc) is 2.51. The van der Waals surface area contributed by atoms with Crippen molar-refractivity contribution in [1.82, 2.24) is 10.2 Å². The van der Waals surface area contributed by atoms with Gasteiger partial charge in [0.2, 0.25) is 0 Å². The van der Waals surface area contributed by atoms with Gasteiger partial charge in [-0.05, 0) is 19.1 Å². The number of aromatic amines is 1. The molecule has 0 saturated carbocycles. The zero-order chi connectivity index (χ0) is 9.42. The van der Waals surface area contributed by atoms with Crippen molar-refractivity contribution in [2.75, 3.05) is 0 Å². The Morgan fingerprint density at radius 2 is 2.31 bits per heavy atom. The van der Waals surface area contributed by atoms with E-state index in [1.165, 1.54) is 6.92 Å². The molecule has 0 spiro atoms. The van der Waals surface area contributed by atoms with E-state index < -0.39 is 0 Å². The molecule has 0 saturated heterocycles. The molecule has 0 aliphatic heterocycles. The van der Waals surface area contributed by atoms with Crippen molar-refractivity contribution >= 4 is 28.3 Å². The monoisotopic (exact) mass is 194 g/mol. The normalized spacial score (nSPS) is 10.6. The van der Waals surface area contributed by atoms with Crippen LogP contribution in [0.3, 0.4) is 0 Å². The van der Waals surface area contributed by atoms with E-state index in [9.17, 15) is 4.79 Å². The van der Waals surface area contributed by atoms with Gasteiger partial charge in [-0.3, -0.25) is 9.89 Å². The van der Waals surface area contributed by atoms with Gasteiger partial charge in [-0.15, -0.1) is 0 Å². The predicted octanol–water partition coefficient (Wildman–Crippen LogP) is 2.42. The van der Waals surface area contributed by atoms with Gasteiger partial charge in [-0.1, -0.05) is 11.6 Å². The number of Topliss-reactive ketones (excluding diaryl/α,β-unsaturated/α-hetero) is 1. The Kier molecular flexibility index (Phi) is 1.81. The predicted molar refractivity (Wildman–Crippen MR) is 51.1 cm³/mol. The topological polar surface area (TPSA) is 45.8 Å². The van der Waals surface area contributed by atoms with Crippen LogP contribution in [0.4, 0.5) is 0 Å². The molecule has 13 heavy (non-hydrogen) atoms. The summed E-state index contributed by atoms with van der Waals surface area (Å²) in [5, 5.41) is 7.99. The van der Waals surface area contributed by atoms with E-state index in [0.717, 1.165) is 10.9 Å². The summed E-state index contributed by atoms with van der Waals surface area (Å²) in [4.78, 5) is 11.1. The first-order valence-electron chi connectivity index (χ1n) is 3.82. The first-order chi connectivity index (χ1) is 6.18. The largest absolute Gasteiger partial charge is 0.295 e. The van der Waals surface area contributed by atoms with Crippen molar-refractivity contribution in [3.63, 3.8) is 0 Å². The molecule has 4 heteroatoms. The maximum atomic E-state index is 11.1. The molecule has 0 bridgehead atoms. The van der Waals surface area contributed by atoms with Crippen molar-refractivity contribution in [2.24, 2.45) is 0 Å². The summed E-state index contributed by atoms with van der Waals surface area (Å²) >= 11 is 5.92. The number of carbonyl (C=O) groups excluding carboxylic acids is 1. The molecule has 0 atom stereocenters. The van der Waals surface area contributed by atoms with Gasteiger partial charge < -0.3 is 0 Å². The number of benzene rings is 1. The number of halogens is 1. The summed E-state index contributed by atoms with van der Waals surface area (Å²) in [6, 6.07) is 3.41. The Labute approximate surface area is 79.7 Å². The molecule has 1 aromatic carbocycles. The number of fused-ring (bicyclic) bond motifs is 1. The van der Waals surface area contributed by atoms with Crippen LogP contribution in [0.2, 0.25) is 5.02 Å². The Morgan fingerprint density at radius 3 is 3.00 bits per heavy atom. The molecule has 2 rings (SSSR count). The van der Waals surface area contributed by atoms with Crippen molar-refractivity contribution in [3.8, 4) is 0 Å². The minimum absolute atomic E-state index is 0.00463. The van der Waals surface area contributed by atoms with Gasteiger partial charge in [0.25, 0.3) is 0 Å². The fourth-order valence-electron chi connectivity index (χ4n) is 1.22. The summed E-state index contributed by atoms with van der Waals surface area (Å²) in [5.41, 5.74) is 1.38. The third kappa shape index (κ3) is 1.31. The molecule has 66 valence electrons. The smallest absolute Gasteiger partial charge is 0.159 e. The molecular weight excluding hydrogens is 188 g/mol. The molecule has 1 N–H and O–H groups in total. The Balaban J connectivity index is 2.77. The molecule has 0 unspecified atom stereocenters. The van der Waals surface area contributed by atoms with Gasteiger partial charge in [-0.25, -0.2) is 0 Å². The zero-order valence-corrected chi connectivity index (χ0v) is 7.72. The van der Waals surface area contributed by atoms with Crippen molar-refractivity contribution in [1.29, 1.82) is 0 Å². The van der Waals surface area contributed by atoms with Gasteiger partial charge in [0.15, 0.2) is 5.78 Å². The lowest BCUT2D eigenvalue weighted by Gasteiger charge is -1.97. The maximum Gasteiger partial charge on any atom is 0.159 e. The SMILES string of the molecule is CC(=O)c1cc(Cl)c2[nH]ncc2c1. The third-order valence-corrected chi connectivity index (χ3v) is 2.21. The minimum atomic E-state index is 0.00463. The van der Waals surface area contributed by atoms with E-state index in [4.69, 9.17) is 11.6 Å². The first-order valence-corrected chi connectivity index (χ1v) is 4.20. The standard InChI is InChI=1S/C9H7ClN2O/c1-5(13)6-2-7-4-11-12-9(7)8(10)3-6/h2-4H,1H3,(H,11,12). The number of aromatic nitrogens is 2. The van der Waals surface area contributed by atoms with Crippen LogP contribution >= 0.6 is 11.6 Å². The van der Waals surface area contributed by atoms with E-state index >= 15 is 0 Å².